The standard InChI is InChI=1S/C36H44N2O4/c1-33(2)9-13-37-15-11-35(5,6)25-27(37)21(33)17-19(29(25)39)23-31(41)24(32(23)42)20-18-22-28-26(30(20)40)36(7,8)12-16-38(28)14-10-34(22,3)4/h17-18,39,41H,9-16H2,1-8H3/p-1/b24-20+. The number of carbonyl (C=O) groups excluding carboxylic acids is 2. The van der Waals surface area contributed by atoms with Gasteiger partial charge < -0.3 is 20.0 Å². The maximum atomic E-state index is 14.2. The molecule has 1 fully saturated rings. The third kappa shape index (κ3) is 3.44. The van der Waals surface area contributed by atoms with Gasteiger partial charge in [-0.2, -0.15) is 0 Å². The highest BCUT2D eigenvalue weighted by Crippen LogP contribution is 2.57. The third-order valence-electron chi connectivity index (χ3n) is 11.4. The van der Waals surface area contributed by atoms with E-state index in [-0.39, 0.29) is 61.2 Å². The van der Waals surface area contributed by atoms with E-state index in [0.717, 1.165) is 85.5 Å². The smallest absolute Gasteiger partial charge is 0.201 e. The molecular formula is C36H43N2O4-. The highest BCUT2D eigenvalue weighted by molar-refractivity contribution is 6.41. The molecule has 0 unspecified atom stereocenters. The van der Waals surface area contributed by atoms with Crippen molar-refractivity contribution in [2.45, 2.75) is 91.9 Å². The minimum Gasteiger partial charge on any atom is -0.872 e. The number of piperidine rings is 1. The summed E-state index contributed by atoms with van der Waals surface area (Å²) in [5, 5.41) is 25.8. The van der Waals surface area contributed by atoms with E-state index in [1.807, 2.05) is 12.1 Å². The van der Waals surface area contributed by atoms with Crippen molar-refractivity contribution in [2.75, 3.05) is 31.1 Å². The molecule has 2 aliphatic carbocycles. The zero-order valence-electron chi connectivity index (χ0n) is 26.4. The Balaban J connectivity index is 1.44. The number of benzene rings is 1. The van der Waals surface area contributed by atoms with Crippen molar-refractivity contribution in [3.63, 3.8) is 0 Å². The Bertz CT molecular complexity index is 1640. The van der Waals surface area contributed by atoms with Crippen LogP contribution >= 0.6 is 0 Å². The molecule has 6 heteroatoms. The van der Waals surface area contributed by atoms with Gasteiger partial charge in [0.15, 0.2) is 5.78 Å². The summed E-state index contributed by atoms with van der Waals surface area (Å²) in [5.74, 6) is -0.961. The Morgan fingerprint density at radius 3 is 1.95 bits per heavy atom. The Labute approximate surface area is 249 Å². The number of hydrogen-bond donors (Lipinski definition) is 1. The van der Waals surface area contributed by atoms with Crippen molar-refractivity contribution in [3.8, 4) is 5.75 Å². The van der Waals surface area contributed by atoms with Crippen molar-refractivity contribution < 1.29 is 19.8 Å². The average Bonchev–Trinajstić information content (AvgIpc) is 2.88. The van der Waals surface area contributed by atoms with Crippen molar-refractivity contribution in [1.82, 2.24) is 4.90 Å². The summed E-state index contributed by atoms with van der Waals surface area (Å²) in [6, 6.07) is 1.87. The Morgan fingerprint density at radius 1 is 0.738 bits per heavy atom. The number of hydrogen-bond acceptors (Lipinski definition) is 6. The quantitative estimate of drug-likeness (QED) is 0.419. The fourth-order valence-corrected chi connectivity index (χ4v) is 8.38. The number of carbonyl (C=O) groups is 2. The molecule has 0 spiro atoms. The highest BCUT2D eigenvalue weighted by atomic mass is 16.3. The fourth-order valence-electron chi connectivity index (χ4n) is 8.38. The Kier molecular flexibility index (Phi) is 5.38. The van der Waals surface area contributed by atoms with Gasteiger partial charge in [-0.3, -0.25) is 9.59 Å². The van der Waals surface area contributed by atoms with Gasteiger partial charge in [0.05, 0.1) is 11.1 Å². The first kappa shape index (κ1) is 27.5. The normalized spacial score (nSPS) is 28.3. The lowest BCUT2D eigenvalue weighted by Crippen LogP contribution is -2.48. The zero-order chi connectivity index (χ0) is 30.3. The molecule has 222 valence electrons. The molecule has 1 aromatic rings. The van der Waals surface area contributed by atoms with Crippen LogP contribution in [0.3, 0.4) is 0 Å². The van der Waals surface area contributed by atoms with Gasteiger partial charge in [0.1, 0.15) is 5.76 Å². The number of rotatable bonds is 1. The number of Topliss-reactive ketones (excluding diaryl/α,β-unsaturated/α-hetero) is 2. The van der Waals surface area contributed by atoms with E-state index >= 15 is 0 Å². The molecule has 0 amide bonds. The number of nitrogens with zero attached hydrogens (tertiary/aromatic N) is 2. The molecule has 1 aromatic carbocycles. The first-order valence-electron chi connectivity index (χ1n) is 15.6. The van der Waals surface area contributed by atoms with Gasteiger partial charge >= 0.3 is 0 Å². The molecule has 7 rings (SSSR count). The van der Waals surface area contributed by atoms with Gasteiger partial charge in [-0.15, -0.1) is 0 Å². The lowest BCUT2D eigenvalue weighted by molar-refractivity contribution is -0.270. The molecule has 0 radical (unpaired) electrons. The van der Waals surface area contributed by atoms with Gasteiger partial charge in [-0.1, -0.05) is 61.1 Å². The van der Waals surface area contributed by atoms with Crippen LogP contribution in [0.2, 0.25) is 0 Å². The molecule has 4 heterocycles. The van der Waals surface area contributed by atoms with Crippen LogP contribution in [0.1, 0.15) is 97.8 Å². The van der Waals surface area contributed by atoms with E-state index in [1.54, 1.807) is 0 Å². The number of allylic oxidation sites excluding steroid dienone is 6. The summed E-state index contributed by atoms with van der Waals surface area (Å²) in [6.07, 6.45) is 5.49. The van der Waals surface area contributed by atoms with Crippen LogP contribution in [-0.4, -0.2) is 47.8 Å². The zero-order valence-corrected chi connectivity index (χ0v) is 26.4. The molecule has 1 N–H and O–H groups in total. The minimum atomic E-state index is -0.404. The predicted molar refractivity (Wildman–Crippen MR) is 163 cm³/mol. The fraction of sp³-hybridized carbons (Fsp3) is 0.556. The molecule has 6 aliphatic rings. The van der Waals surface area contributed by atoms with Crippen LogP contribution in [0.25, 0.3) is 5.57 Å². The molecule has 6 nitrogen and oxygen atoms in total. The van der Waals surface area contributed by atoms with Gasteiger partial charge in [-0.25, -0.2) is 0 Å². The molecule has 0 aromatic heterocycles. The van der Waals surface area contributed by atoms with Crippen LogP contribution in [0, 0.1) is 10.8 Å². The predicted octanol–water partition coefficient (Wildman–Crippen LogP) is 6.00. The molecular weight excluding hydrogens is 524 g/mol. The van der Waals surface area contributed by atoms with Gasteiger partial charge in [0.25, 0.3) is 0 Å². The van der Waals surface area contributed by atoms with E-state index in [2.05, 4.69) is 65.2 Å². The van der Waals surface area contributed by atoms with Gasteiger partial charge in [0, 0.05) is 48.7 Å². The van der Waals surface area contributed by atoms with E-state index in [4.69, 9.17) is 0 Å². The van der Waals surface area contributed by atoms with E-state index in [0.29, 0.717) is 0 Å². The highest BCUT2D eigenvalue weighted by Gasteiger charge is 2.50. The average molecular weight is 568 g/mol. The van der Waals surface area contributed by atoms with Crippen LogP contribution < -0.4 is 10.0 Å². The maximum absolute atomic E-state index is 14.2. The maximum Gasteiger partial charge on any atom is 0.201 e. The largest absolute Gasteiger partial charge is 0.872 e. The third-order valence-corrected chi connectivity index (χ3v) is 11.4. The summed E-state index contributed by atoms with van der Waals surface area (Å²) in [7, 11) is 0. The number of aliphatic hydroxyl groups is 1. The molecule has 1 saturated heterocycles. The number of anilines is 1. The summed E-state index contributed by atoms with van der Waals surface area (Å²) >= 11 is 0. The first-order valence-corrected chi connectivity index (χ1v) is 15.6. The van der Waals surface area contributed by atoms with Crippen molar-refractivity contribution in [1.29, 1.82) is 0 Å². The molecule has 0 atom stereocenters. The van der Waals surface area contributed by atoms with Crippen LogP contribution in [0.15, 0.2) is 45.9 Å². The molecule has 0 bridgehead atoms. The first-order chi connectivity index (χ1) is 19.5. The monoisotopic (exact) mass is 567 g/mol. The van der Waals surface area contributed by atoms with E-state index in [9.17, 15) is 19.8 Å². The summed E-state index contributed by atoms with van der Waals surface area (Å²) in [6.45, 7) is 20.8. The summed E-state index contributed by atoms with van der Waals surface area (Å²) < 4.78 is 0. The minimum absolute atomic E-state index is 0.0641. The van der Waals surface area contributed by atoms with E-state index in [1.165, 1.54) is 0 Å². The van der Waals surface area contributed by atoms with Crippen molar-refractivity contribution in [2.24, 2.45) is 10.8 Å². The van der Waals surface area contributed by atoms with Crippen LogP contribution in [0.5, 0.6) is 5.75 Å². The van der Waals surface area contributed by atoms with Crippen molar-refractivity contribution >= 4 is 22.8 Å². The summed E-state index contributed by atoms with van der Waals surface area (Å²) in [4.78, 5) is 32.9. The Hall–Kier alpha value is -3.28. The van der Waals surface area contributed by atoms with Gasteiger partial charge in [0.2, 0.25) is 5.78 Å². The van der Waals surface area contributed by atoms with Crippen LogP contribution in [-0.2, 0) is 20.4 Å². The van der Waals surface area contributed by atoms with Gasteiger partial charge in [-0.05, 0) is 81.7 Å². The molecule has 0 saturated carbocycles. The second-order valence-corrected chi connectivity index (χ2v) is 16.0. The SMILES string of the molecule is CC1(C)CCN2CCC(C)(C)C3=C2C1=C/C(=C1\C(=O)C(c2cc4c5c(c2[O-])C(C)(C)CCN5CCC4(C)C)=C1O)C3=O. The number of aliphatic hydroxyl groups excluding tert-OH is 1. The second kappa shape index (κ2) is 8.21. The lowest BCUT2D eigenvalue weighted by atomic mass is 9.63. The second-order valence-electron chi connectivity index (χ2n) is 16.0. The topological polar surface area (TPSA) is 83.9 Å². The van der Waals surface area contributed by atoms with E-state index < -0.39 is 5.78 Å². The van der Waals surface area contributed by atoms with Crippen LogP contribution in [0.4, 0.5) is 5.69 Å². The van der Waals surface area contributed by atoms with Crippen molar-refractivity contribution in [3.05, 3.63) is 62.6 Å². The number of ketones is 2. The molecule has 42 heavy (non-hydrogen) atoms. The molecule has 4 aliphatic heterocycles. The lowest BCUT2D eigenvalue weighted by Gasteiger charge is -2.51. The Morgan fingerprint density at radius 2 is 1.31 bits per heavy atom. The summed E-state index contributed by atoms with van der Waals surface area (Å²) in [5.41, 5.74) is 5.35.